The summed E-state index contributed by atoms with van der Waals surface area (Å²) in [5.74, 6) is 0.812. The molecule has 2 fully saturated rings. The summed E-state index contributed by atoms with van der Waals surface area (Å²) in [7, 11) is -3.53. The third-order valence-electron chi connectivity index (χ3n) is 5.13. The van der Waals surface area contributed by atoms with Crippen LogP contribution in [0.4, 0.5) is 0 Å². The number of pyridine rings is 1. The molecule has 1 amide bonds. The number of carbonyl (C=O) groups is 1. The molecule has 1 saturated heterocycles. The van der Waals surface area contributed by atoms with E-state index >= 15 is 0 Å². The molecule has 1 N–H and O–H groups in total. The minimum atomic E-state index is -3.53. The number of nitrogens with one attached hydrogen (secondary N) is 1. The number of thioether (sulfide) groups is 1. The lowest BCUT2D eigenvalue weighted by atomic mass is 9.86. The highest BCUT2D eigenvalue weighted by atomic mass is 32.2. The molecule has 7 nitrogen and oxygen atoms in total. The topological polar surface area (TPSA) is 88.6 Å². The van der Waals surface area contributed by atoms with Crippen molar-refractivity contribution in [3.63, 3.8) is 0 Å². The van der Waals surface area contributed by atoms with Crippen molar-refractivity contribution in [3.05, 3.63) is 18.3 Å². The van der Waals surface area contributed by atoms with Gasteiger partial charge in [-0.2, -0.15) is 4.31 Å². The first-order valence-corrected chi connectivity index (χ1v) is 11.9. The van der Waals surface area contributed by atoms with E-state index in [1.165, 1.54) is 41.5 Å². The maximum Gasteiger partial charge on any atom is 0.244 e. The summed E-state index contributed by atoms with van der Waals surface area (Å²) in [5.41, 5.74) is 0. The molecular weight excluding hydrogens is 386 g/mol. The standard InChI is InChI=1S/C18H27N3O4S2/c1-14-4-2-3-5-16(14)20-17(22)13-26-18-7-6-15(12-19-18)27(23,24)21-8-10-25-11-9-21/h6-7,12,14,16H,2-5,8-11,13H2,1H3,(H,20,22)/t14-,16-/m1/s1. The van der Waals surface area contributed by atoms with Crippen LogP contribution in [0.25, 0.3) is 0 Å². The molecule has 150 valence electrons. The number of amides is 1. The van der Waals surface area contributed by atoms with Crippen molar-refractivity contribution in [1.82, 2.24) is 14.6 Å². The molecular formula is C18H27N3O4S2. The summed E-state index contributed by atoms with van der Waals surface area (Å²) < 4.78 is 31.8. The molecule has 1 aliphatic carbocycles. The van der Waals surface area contributed by atoms with Gasteiger partial charge in [0.2, 0.25) is 15.9 Å². The fourth-order valence-corrected chi connectivity index (χ4v) is 5.47. The van der Waals surface area contributed by atoms with Gasteiger partial charge in [0.15, 0.2) is 0 Å². The van der Waals surface area contributed by atoms with E-state index < -0.39 is 10.0 Å². The number of carbonyl (C=O) groups excluding carboxylic acids is 1. The first kappa shape index (κ1) is 20.6. The molecule has 0 bridgehead atoms. The number of nitrogens with zero attached hydrogens (tertiary/aromatic N) is 2. The number of morpholine rings is 1. The minimum Gasteiger partial charge on any atom is -0.379 e. The molecule has 27 heavy (non-hydrogen) atoms. The SMILES string of the molecule is C[C@@H]1CCCC[C@H]1NC(=O)CSc1ccc(S(=O)(=O)N2CCOCC2)cn1. The van der Waals surface area contributed by atoms with Gasteiger partial charge in [0.1, 0.15) is 4.90 Å². The van der Waals surface area contributed by atoms with Crippen LogP contribution in [-0.2, 0) is 19.6 Å². The van der Waals surface area contributed by atoms with Gasteiger partial charge in [-0.25, -0.2) is 13.4 Å². The summed E-state index contributed by atoms with van der Waals surface area (Å²) in [6, 6.07) is 3.48. The third kappa shape index (κ3) is 5.43. The van der Waals surface area contributed by atoms with Gasteiger partial charge in [0, 0.05) is 25.3 Å². The summed E-state index contributed by atoms with van der Waals surface area (Å²) in [6.07, 6.45) is 5.99. The van der Waals surface area contributed by atoms with Crippen LogP contribution in [0.15, 0.2) is 28.3 Å². The second-order valence-electron chi connectivity index (χ2n) is 7.07. The van der Waals surface area contributed by atoms with E-state index in [9.17, 15) is 13.2 Å². The Morgan fingerprint density at radius 3 is 2.70 bits per heavy atom. The summed E-state index contributed by atoms with van der Waals surface area (Å²) in [5, 5.41) is 3.76. The Balaban J connectivity index is 1.52. The van der Waals surface area contributed by atoms with Crippen LogP contribution < -0.4 is 5.32 Å². The first-order chi connectivity index (χ1) is 13.0. The lowest BCUT2D eigenvalue weighted by Crippen LogP contribution is -2.41. The van der Waals surface area contributed by atoms with Crippen LogP contribution in [0, 0.1) is 5.92 Å². The van der Waals surface area contributed by atoms with Gasteiger partial charge in [-0.05, 0) is 30.9 Å². The second kappa shape index (κ2) is 9.36. The van der Waals surface area contributed by atoms with Crippen molar-refractivity contribution in [2.45, 2.75) is 48.6 Å². The monoisotopic (exact) mass is 413 g/mol. The zero-order valence-corrected chi connectivity index (χ0v) is 17.2. The molecule has 0 aromatic carbocycles. The van der Waals surface area contributed by atoms with Crippen LogP contribution in [0.1, 0.15) is 32.6 Å². The maximum absolute atomic E-state index is 12.6. The predicted molar refractivity (Wildman–Crippen MR) is 104 cm³/mol. The average Bonchev–Trinajstić information content (AvgIpc) is 2.69. The summed E-state index contributed by atoms with van der Waals surface area (Å²) >= 11 is 1.32. The van der Waals surface area contributed by atoms with Gasteiger partial charge in [-0.15, -0.1) is 0 Å². The number of hydrogen-bond donors (Lipinski definition) is 1. The van der Waals surface area contributed by atoms with Gasteiger partial charge >= 0.3 is 0 Å². The van der Waals surface area contributed by atoms with E-state index in [2.05, 4.69) is 17.2 Å². The average molecular weight is 414 g/mol. The first-order valence-electron chi connectivity index (χ1n) is 9.43. The van der Waals surface area contributed by atoms with E-state index in [-0.39, 0.29) is 22.6 Å². The summed E-state index contributed by atoms with van der Waals surface area (Å²) in [6.45, 7) is 3.73. The Hall–Kier alpha value is -1.16. The van der Waals surface area contributed by atoms with E-state index in [1.54, 1.807) is 12.1 Å². The number of ether oxygens (including phenoxy) is 1. The molecule has 0 spiro atoms. The quantitative estimate of drug-likeness (QED) is 0.717. The second-order valence-corrected chi connectivity index (χ2v) is 10.0. The van der Waals surface area contributed by atoms with Gasteiger partial charge in [-0.1, -0.05) is 31.5 Å². The molecule has 1 aromatic heterocycles. The zero-order chi connectivity index (χ0) is 19.3. The summed E-state index contributed by atoms with van der Waals surface area (Å²) in [4.78, 5) is 16.6. The zero-order valence-electron chi connectivity index (χ0n) is 15.6. The van der Waals surface area contributed by atoms with Crippen LogP contribution in [0.2, 0.25) is 0 Å². The Morgan fingerprint density at radius 2 is 2.04 bits per heavy atom. The minimum absolute atomic E-state index is 0.00515. The van der Waals surface area contributed by atoms with Crippen LogP contribution >= 0.6 is 11.8 Å². The van der Waals surface area contributed by atoms with Gasteiger partial charge in [-0.3, -0.25) is 4.79 Å². The van der Waals surface area contributed by atoms with Crippen molar-refractivity contribution >= 4 is 27.7 Å². The largest absolute Gasteiger partial charge is 0.379 e. The fourth-order valence-electron chi connectivity index (χ4n) is 3.46. The number of hydrogen-bond acceptors (Lipinski definition) is 6. The Bertz CT molecular complexity index is 733. The molecule has 1 aliphatic heterocycles. The Kier molecular flexibility index (Phi) is 7.13. The molecule has 0 unspecified atom stereocenters. The van der Waals surface area contributed by atoms with Crippen molar-refractivity contribution in [2.75, 3.05) is 32.1 Å². The molecule has 1 aromatic rings. The van der Waals surface area contributed by atoms with Gasteiger partial charge in [0.05, 0.1) is 24.0 Å². The molecule has 2 atom stereocenters. The van der Waals surface area contributed by atoms with Crippen LogP contribution in [-0.4, -0.2) is 61.7 Å². The van der Waals surface area contributed by atoms with E-state index in [0.717, 1.165) is 6.42 Å². The lowest BCUT2D eigenvalue weighted by Gasteiger charge is -2.29. The number of rotatable bonds is 6. The number of aromatic nitrogens is 1. The van der Waals surface area contributed by atoms with Crippen molar-refractivity contribution in [3.8, 4) is 0 Å². The molecule has 3 rings (SSSR count). The maximum atomic E-state index is 12.6. The van der Waals surface area contributed by atoms with Crippen molar-refractivity contribution in [2.24, 2.45) is 5.92 Å². The lowest BCUT2D eigenvalue weighted by molar-refractivity contribution is -0.119. The fraction of sp³-hybridized carbons (Fsp3) is 0.667. The Morgan fingerprint density at radius 1 is 1.30 bits per heavy atom. The molecule has 0 radical (unpaired) electrons. The molecule has 2 aliphatic rings. The normalized spacial score (nSPS) is 24.5. The predicted octanol–water partition coefficient (Wildman–Crippen LogP) is 1.89. The highest BCUT2D eigenvalue weighted by molar-refractivity contribution is 7.99. The highest BCUT2D eigenvalue weighted by Gasteiger charge is 2.26. The van der Waals surface area contributed by atoms with E-state index in [4.69, 9.17) is 4.74 Å². The smallest absolute Gasteiger partial charge is 0.244 e. The van der Waals surface area contributed by atoms with E-state index in [1.807, 2.05) is 0 Å². The highest BCUT2D eigenvalue weighted by Crippen LogP contribution is 2.24. The number of sulfonamides is 1. The molecule has 1 saturated carbocycles. The van der Waals surface area contributed by atoms with Crippen LogP contribution in [0.5, 0.6) is 0 Å². The molecule has 2 heterocycles. The van der Waals surface area contributed by atoms with Gasteiger partial charge < -0.3 is 10.1 Å². The third-order valence-corrected chi connectivity index (χ3v) is 7.95. The van der Waals surface area contributed by atoms with Crippen molar-refractivity contribution < 1.29 is 17.9 Å². The van der Waals surface area contributed by atoms with Gasteiger partial charge in [0.25, 0.3) is 0 Å². The van der Waals surface area contributed by atoms with E-state index in [0.29, 0.717) is 37.2 Å². The Labute approximate surface area is 165 Å². The molecule has 9 heteroatoms. The van der Waals surface area contributed by atoms with Crippen molar-refractivity contribution in [1.29, 1.82) is 0 Å². The van der Waals surface area contributed by atoms with Crippen LogP contribution in [0.3, 0.4) is 0 Å².